The monoisotopic (exact) mass is 281 g/mol. The maximum Gasteiger partial charge on any atom is 0.295 e. The van der Waals surface area contributed by atoms with Gasteiger partial charge in [0, 0.05) is 6.04 Å². The summed E-state index contributed by atoms with van der Waals surface area (Å²) < 4.78 is 13.4. The zero-order chi connectivity index (χ0) is 14.9. The van der Waals surface area contributed by atoms with Crippen LogP contribution in [-0.4, -0.2) is 16.9 Å². The van der Waals surface area contributed by atoms with Crippen LogP contribution in [-0.2, 0) is 0 Å². The number of nitrogens with zero attached hydrogens (tertiary/aromatic N) is 1. The van der Waals surface area contributed by atoms with Gasteiger partial charge in [-0.05, 0) is 24.8 Å². The summed E-state index contributed by atoms with van der Waals surface area (Å²) in [6.45, 7) is 2.02. The van der Waals surface area contributed by atoms with E-state index in [1.165, 1.54) is 0 Å². The molecule has 1 aromatic rings. The number of hydrogen-bond acceptors (Lipinski definition) is 4. The first kappa shape index (κ1) is 14.2. The molecule has 0 bridgehead atoms. The Morgan fingerprint density at radius 2 is 2.20 bits per heavy atom. The fraction of sp³-hybridized carbons (Fsp3) is 0.462. The molecule has 20 heavy (non-hydrogen) atoms. The molecule has 1 amide bonds. The van der Waals surface area contributed by atoms with E-state index in [2.05, 4.69) is 5.32 Å². The van der Waals surface area contributed by atoms with Crippen molar-refractivity contribution in [3.05, 3.63) is 33.6 Å². The number of carbonyl (C=O) groups is 1. The Balaban J connectivity index is 2.27. The number of carbonyl (C=O) groups excluding carboxylic acids is 1. The third-order valence-corrected chi connectivity index (χ3v) is 3.74. The quantitative estimate of drug-likeness (QED) is 0.504. The van der Waals surface area contributed by atoms with Gasteiger partial charge in [-0.3, -0.25) is 14.9 Å². The molecule has 0 saturated heterocycles. The van der Waals surface area contributed by atoms with Crippen LogP contribution in [0, 0.1) is 21.8 Å². The zero-order valence-corrected chi connectivity index (χ0v) is 11.1. The molecule has 1 fully saturated rings. The summed E-state index contributed by atoms with van der Waals surface area (Å²) in [7, 11) is 0. The fourth-order valence-electron chi connectivity index (χ4n) is 2.55. The highest BCUT2D eigenvalue weighted by atomic mass is 19.1. The van der Waals surface area contributed by atoms with Gasteiger partial charge in [0.25, 0.3) is 11.6 Å². The molecule has 108 valence electrons. The molecule has 7 heteroatoms. The minimum absolute atomic E-state index is 0.00391. The molecule has 1 aliphatic rings. The first-order valence-electron chi connectivity index (χ1n) is 6.44. The number of benzene rings is 1. The van der Waals surface area contributed by atoms with Crippen molar-refractivity contribution in [2.45, 2.75) is 32.2 Å². The SMILES string of the molecule is CC1CCCC1NC(=O)c1cc(F)cc([N+](=O)[O-])c1N. The minimum Gasteiger partial charge on any atom is -0.393 e. The van der Waals surface area contributed by atoms with Gasteiger partial charge >= 0.3 is 0 Å². The van der Waals surface area contributed by atoms with Crippen molar-refractivity contribution in [3.8, 4) is 0 Å². The van der Waals surface area contributed by atoms with Crippen molar-refractivity contribution in [2.24, 2.45) is 5.92 Å². The van der Waals surface area contributed by atoms with Crippen molar-refractivity contribution >= 4 is 17.3 Å². The molecular weight excluding hydrogens is 265 g/mol. The Labute approximate surface area is 115 Å². The highest BCUT2D eigenvalue weighted by Crippen LogP contribution is 2.28. The molecule has 2 unspecified atom stereocenters. The van der Waals surface area contributed by atoms with Gasteiger partial charge in [-0.1, -0.05) is 13.3 Å². The summed E-state index contributed by atoms with van der Waals surface area (Å²) in [5.74, 6) is -1.08. The van der Waals surface area contributed by atoms with Crippen LogP contribution in [0.4, 0.5) is 15.8 Å². The Bertz CT molecular complexity index is 562. The summed E-state index contributed by atoms with van der Waals surface area (Å²) in [5.41, 5.74) is 4.52. The second-order valence-corrected chi connectivity index (χ2v) is 5.13. The highest BCUT2D eigenvalue weighted by Gasteiger charge is 2.27. The van der Waals surface area contributed by atoms with Crippen LogP contribution in [0.5, 0.6) is 0 Å². The lowest BCUT2D eigenvalue weighted by molar-refractivity contribution is -0.384. The second kappa shape index (κ2) is 5.44. The maximum absolute atomic E-state index is 13.4. The Kier molecular flexibility index (Phi) is 3.87. The zero-order valence-electron chi connectivity index (χ0n) is 11.1. The van der Waals surface area contributed by atoms with Gasteiger partial charge in [0.2, 0.25) is 0 Å². The number of anilines is 1. The van der Waals surface area contributed by atoms with Crippen LogP contribution < -0.4 is 11.1 Å². The molecule has 0 heterocycles. The van der Waals surface area contributed by atoms with E-state index in [1.54, 1.807) is 0 Å². The average Bonchev–Trinajstić information content (AvgIpc) is 2.77. The van der Waals surface area contributed by atoms with E-state index in [0.717, 1.165) is 25.3 Å². The minimum atomic E-state index is -0.851. The number of nitro groups is 1. The summed E-state index contributed by atoms with van der Waals surface area (Å²) in [4.78, 5) is 22.1. The van der Waals surface area contributed by atoms with Gasteiger partial charge in [-0.15, -0.1) is 0 Å². The molecule has 0 radical (unpaired) electrons. The predicted octanol–water partition coefficient (Wildman–Crippen LogP) is 2.23. The summed E-state index contributed by atoms with van der Waals surface area (Å²) >= 11 is 0. The molecule has 6 nitrogen and oxygen atoms in total. The molecule has 0 aromatic heterocycles. The lowest BCUT2D eigenvalue weighted by atomic mass is 10.0. The molecular formula is C13H16FN3O3. The predicted molar refractivity (Wildman–Crippen MR) is 71.7 cm³/mol. The van der Waals surface area contributed by atoms with E-state index in [0.29, 0.717) is 12.0 Å². The molecule has 1 saturated carbocycles. The summed E-state index contributed by atoms with van der Waals surface area (Å²) in [5, 5.41) is 13.5. The van der Waals surface area contributed by atoms with Gasteiger partial charge in [-0.2, -0.15) is 0 Å². The van der Waals surface area contributed by atoms with Crippen molar-refractivity contribution in [3.63, 3.8) is 0 Å². The van der Waals surface area contributed by atoms with Crippen LogP contribution in [0.15, 0.2) is 12.1 Å². The van der Waals surface area contributed by atoms with Crippen molar-refractivity contribution in [1.82, 2.24) is 5.32 Å². The summed E-state index contributed by atoms with van der Waals surface area (Å²) in [6.07, 6.45) is 2.89. The first-order chi connectivity index (χ1) is 9.40. The first-order valence-corrected chi connectivity index (χ1v) is 6.44. The number of amides is 1. The number of hydrogen-bond donors (Lipinski definition) is 2. The van der Waals surface area contributed by atoms with Crippen LogP contribution in [0.3, 0.4) is 0 Å². The van der Waals surface area contributed by atoms with Gasteiger partial charge < -0.3 is 11.1 Å². The normalized spacial score (nSPS) is 21.7. The van der Waals surface area contributed by atoms with E-state index < -0.39 is 22.3 Å². The number of nitrogens with one attached hydrogen (secondary N) is 1. The average molecular weight is 281 g/mol. The van der Waals surface area contributed by atoms with Gasteiger partial charge in [0.1, 0.15) is 11.5 Å². The van der Waals surface area contributed by atoms with E-state index in [-0.39, 0.29) is 17.3 Å². The Hall–Kier alpha value is -2.18. The van der Waals surface area contributed by atoms with E-state index in [9.17, 15) is 19.3 Å². The molecule has 1 aromatic carbocycles. The molecule has 2 atom stereocenters. The standard InChI is InChI=1S/C13H16FN3O3/c1-7-3-2-4-10(7)16-13(18)9-5-8(14)6-11(12(9)15)17(19)20/h5-7,10H,2-4,15H2,1H3,(H,16,18). The number of nitrogens with two attached hydrogens (primary N) is 1. The van der Waals surface area contributed by atoms with Crippen molar-refractivity contribution in [2.75, 3.05) is 5.73 Å². The van der Waals surface area contributed by atoms with Crippen LogP contribution in [0.1, 0.15) is 36.5 Å². The highest BCUT2D eigenvalue weighted by molar-refractivity contribution is 6.01. The van der Waals surface area contributed by atoms with E-state index in [4.69, 9.17) is 5.73 Å². The third-order valence-electron chi connectivity index (χ3n) is 3.74. The number of halogens is 1. The largest absolute Gasteiger partial charge is 0.393 e. The van der Waals surface area contributed by atoms with E-state index in [1.807, 2.05) is 6.92 Å². The Morgan fingerprint density at radius 3 is 2.75 bits per heavy atom. The van der Waals surface area contributed by atoms with E-state index >= 15 is 0 Å². The molecule has 1 aliphatic carbocycles. The van der Waals surface area contributed by atoms with Crippen LogP contribution in [0.2, 0.25) is 0 Å². The number of nitrogen functional groups attached to an aromatic ring is 1. The Morgan fingerprint density at radius 1 is 1.50 bits per heavy atom. The van der Waals surface area contributed by atoms with Gasteiger partial charge in [-0.25, -0.2) is 4.39 Å². The molecule has 3 N–H and O–H groups in total. The van der Waals surface area contributed by atoms with Crippen LogP contribution >= 0.6 is 0 Å². The fourth-order valence-corrected chi connectivity index (χ4v) is 2.55. The maximum atomic E-state index is 13.4. The van der Waals surface area contributed by atoms with Crippen LogP contribution in [0.25, 0.3) is 0 Å². The topological polar surface area (TPSA) is 98.3 Å². The number of rotatable bonds is 3. The lowest BCUT2D eigenvalue weighted by Gasteiger charge is -2.17. The molecule has 2 rings (SSSR count). The van der Waals surface area contributed by atoms with Gasteiger partial charge in [0.05, 0.1) is 16.6 Å². The lowest BCUT2D eigenvalue weighted by Crippen LogP contribution is -2.36. The third kappa shape index (κ3) is 2.71. The summed E-state index contributed by atoms with van der Waals surface area (Å²) in [6, 6.07) is 1.64. The smallest absolute Gasteiger partial charge is 0.295 e. The second-order valence-electron chi connectivity index (χ2n) is 5.13. The molecule has 0 spiro atoms. The molecule has 0 aliphatic heterocycles. The van der Waals surface area contributed by atoms with Crippen molar-refractivity contribution in [1.29, 1.82) is 0 Å². The van der Waals surface area contributed by atoms with Crippen molar-refractivity contribution < 1.29 is 14.1 Å². The van der Waals surface area contributed by atoms with Gasteiger partial charge in [0.15, 0.2) is 0 Å². The number of nitro benzene ring substituents is 1.